The first kappa shape index (κ1) is 12.2. The van der Waals surface area contributed by atoms with Crippen LogP contribution in [0.25, 0.3) is 0 Å². The number of aromatic nitrogens is 1. The topological polar surface area (TPSA) is 43.4 Å². The molecule has 1 saturated heterocycles. The highest BCUT2D eigenvalue weighted by Crippen LogP contribution is 2.30. The van der Waals surface area contributed by atoms with Crippen LogP contribution >= 0.6 is 0 Å². The van der Waals surface area contributed by atoms with Gasteiger partial charge in [0.1, 0.15) is 5.75 Å². The molecule has 0 saturated carbocycles. The van der Waals surface area contributed by atoms with Crippen molar-refractivity contribution in [3.05, 3.63) is 17.8 Å². The Kier molecular flexibility index (Phi) is 4.20. The van der Waals surface area contributed by atoms with E-state index < -0.39 is 0 Å². The molecule has 2 rings (SSSR count). The summed E-state index contributed by atoms with van der Waals surface area (Å²) in [6.45, 7) is 2.21. The zero-order valence-corrected chi connectivity index (χ0v) is 10.5. The summed E-state index contributed by atoms with van der Waals surface area (Å²) in [6, 6.07) is 1.90. The summed E-state index contributed by atoms with van der Waals surface area (Å²) in [5.41, 5.74) is 1.09. The van der Waals surface area contributed by atoms with Crippen LogP contribution in [0.3, 0.4) is 0 Å². The monoisotopic (exact) mass is 236 g/mol. The van der Waals surface area contributed by atoms with E-state index >= 15 is 0 Å². The van der Waals surface area contributed by atoms with Gasteiger partial charge in [-0.1, -0.05) is 0 Å². The van der Waals surface area contributed by atoms with Gasteiger partial charge in [0.05, 0.1) is 19.8 Å². The Morgan fingerprint density at radius 1 is 1.41 bits per heavy atom. The molecule has 0 spiro atoms. The van der Waals surface area contributed by atoms with Crippen molar-refractivity contribution in [3.63, 3.8) is 0 Å². The van der Waals surface area contributed by atoms with Crippen molar-refractivity contribution in [1.82, 2.24) is 10.3 Å². The standard InChI is InChI=1S/C13H20N2O2/c1-16-12-5-7-15-13(17-2)11(12)8-10-4-3-6-14-9-10/h5,7,10,14H,3-4,6,8-9H2,1-2H3. The molecule has 4 nitrogen and oxygen atoms in total. The van der Waals surface area contributed by atoms with E-state index in [9.17, 15) is 0 Å². The first-order valence-electron chi connectivity index (χ1n) is 6.11. The molecule has 1 aromatic rings. The van der Waals surface area contributed by atoms with Crippen molar-refractivity contribution in [1.29, 1.82) is 0 Å². The van der Waals surface area contributed by atoms with Crippen LogP contribution < -0.4 is 14.8 Å². The van der Waals surface area contributed by atoms with Crippen molar-refractivity contribution in [3.8, 4) is 11.6 Å². The molecule has 1 unspecified atom stereocenters. The predicted molar refractivity (Wildman–Crippen MR) is 66.6 cm³/mol. The second-order valence-corrected chi connectivity index (χ2v) is 4.42. The zero-order valence-electron chi connectivity index (χ0n) is 10.5. The first-order chi connectivity index (χ1) is 8.35. The molecule has 1 aromatic heterocycles. The van der Waals surface area contributed by atoms with Gasteiger partial charge in [-0.15, -0.1) is 0 Å². The average Bonchev–Trinajstić information content (AvgIpc) is 2.40. The number of rotatable bonds is 4. The van der Waals surface area contributed by atoms with Crippen LogP contribution in [-0.4, -0.2) is 32.3 Å². The normalized spacial score (nSPS) is 20.0. The van der Waals surface area contributed by atoms with Crippen LogP contribution in [-0.2, 0) is 6.42 Å². The summed E-state index contributed by atoms with van der Waals surface area (Å²) in [5.74, 6) is 2.22. The van der Waals surface area contributed by atoms with E-state index in [2.05, 4.69) is 10.3 Å². The third-order valence-electron chi connectivity index (χ3n) is 3.28. The van der Waals surface area contributed by atoms with Crippen molar-refractivity contribution >= 4 is 0 Å². The second kappa shape index (κ2) is 5.87. The van der Waals surface area contributed by atoms with Gasteiger partial charge in [0, 0.05) is 6.20 Å². The third-order valence-corrected chi connectivity index (χ3v) is 3.28. The number of piperidine rings is 1. The molecule has 94 valence electrons. The number of hydrogen-bond donors (Lipinski definition) is 1. The minimum Gasteiger partial charge on any atom is -0.496 e. The number of ether oxygens (including phenoxy) is 2. The van der Waals surface area contributed by atoms with E-state index in [4.69, 9.17) is 9.47 Å². The average molecular weight is 236 g/mol. The maximum Gasteiger partial charge on any atom is 0.220 e. The van der Waals surface area contributed by atoms with Gasteiger partial charge in [-0.05, 0) is 44.3 Å². The fourth-order valence-corrected chi connectivity index (χ4v) is 2.40. The van der Waals surface area contributed by atoms with E-state index in [1.165, 1.54) is 12.8 Å². The molecule has 1 atom stereocenters. The molecule has 0 aromatic carbocycles. The van der Waals surface area contributed by atoms with Crippen LogP contribution in [0, 0.1) is 5.92 Å². The maximum absolute atomic E-state index is 5.39. The smallest absolute Gasteiger partial charge is 0.220 e. The largest absolute Gasteiger partial charge is 0.496 e. The van der Waals surface area contributed by atoms with Crippen molar-refractivity contribution < 1.29 is 9.47 Å². The van der Waals surface area contributed by atoms with Gasteiger partial charge in [-0.25, -0.2) is 4.98 Å². The Balaban J connectivity index is 2.16. The van der Waals surface area contributed by atoms with Gasteiger partial charge in [0.15, 0.2) is 0 Å². The minimum absolute atomic E-state index is 0.649. The molecule has 0 radical (unpaired) electrons. The van der Waals surface area contributed by atoms with Crippen molar-refractivity contribution in [2.24, 2.45) is 5.92 Å². The van der Waals surface area contributed by atoms with E-state index in [0.717, 1.165) is 30.8 Å². The lowest BCUT2D eigenvalue weighted by Crippen LogP contribution is -2.31. The number of nitrogens with one attached hydrogen (secondary N) is 1. The fraction of sp³-hybridized carbons (Fsp3) is 0.615. The van der Waals surface area contributed by atoms with Crippen LogP contribution in [0.4, 0.5) is 0 Å². The molecular formula is C13H20N2O2. The Morgan fingerprint density at radius 3 is 2.94 bits per heavy atom. The van der Waals surface area contributed by atoms with Crippen LogP contribution in [0.2, 0.25) is 0 Å². The van der Waals surface area contributed by atoms with Crippen LogP contribution in [0.15, 0.2) is 12.3 Å². The second-order valence-electron chi connectivity index (χ2n) is 4.42. The molecule has 1 aliphatic heterocycles. The number of nitrogens with zero attached hydrogens (tertiary/aromatic N) is 1. The SMILES string of the molecule is COc1ccnc(OC)c1CC1CCCNC1. The Bertz CT molecular complexity index is 340. The molecule has 17 heavy (non-hydrogen) atoms. The summed E-state index contributed by atoms with van der Waals surface area (Å²) in [7, 11) is 3.35. The number of pyridine rings is 1. The summed E-state index contributed by atoms with van der Waals surface area (Å²) in [6.07, 6.45) is 5.19. The Labute approximate surface area is 102 Å². The highest BCUT2D eigenvalue weighted by molar-refractivity contribution is 5.40. The highest BCUT2D eigenvalue weighted by atomic mass is 16.5. The van der Waals surface area contributed by atoms with Gasteiger partial charge in [-0.2, -0.15) is 0 Å². The van der Waals surface area contributed by atoms with Crippen molar-refractivity contribution in [2.45, 2.75) is 19.3 Å². The van der Waals surface area contributed by atoms with E-state index in [0.29, 0.717) is 11.8 Å². The molecule has 2 heterocycles. The summed E-state index contributed by atoms with van der Waals surface area (Å²) in [5, 5.41) is 3.43. The Morgan fingerprint density at radius 2 is 2.29 bits per heavy atom. The van der Waals surface area contributed by atoms with E-state index in [1.54, 1.807) is 20.4 Å². The molecule has 0 aliphatic carbocycles. The lowest BCUT2D eigenvalue weighted by atomic mass is 9.92. The lowest BCUT2D eigenvalue weighted by molar-refractivity contribution is 0.343. The number of hydrogen-bond acceptors (Lipinski definition) is 4. The Hall–Kier alpha value is -1.29. The molecule has 4 heteroatoms. The van der Waals surface area contributed by atoms with Gasteiger partial charge in [-0.3, -0.25) is 0 Å². The van der Waals surface area contributed by atoms with E-state index in [-0.39, 0.29) is 0 Å². The molecule has 0 bridgehead atoms. The van der Waals surface area contributed by atoms with Crippen LogP contribution in [0.5, 0.6) is 11.6 Å². The fourth-order valence-electron chi connectivity index (χ4n) is 2.40. The van der Waals surface area contributed by atoms with Gasteiger partial charge >= 0.3 is 0 Å². The van der Waals surface area contributed by atoms with Gasteiger partial charge < -0.3 is 14.8 Å². The van der Waals surface area contributed by atoms with Crippen LogP contribution in [0.1, 0.15) is 18.4 Å². The van der Waals surface area contributed by atoms with Gasteiger partial charge in [0.2, 0.25) is 5.88 Å². The summed E-state index contributed by atoms with van der Waals surface area (Å²) >= 11 is 0. The van der Waals surface area contributed by atoms with Crippen molar-refractivity contribution in [2.75, 3.05) is 27.3 Å². The summed E-state index contributed by atoms with van der Waals surface area (Å²) < 4.78 is 10.7. The third kappa shape index (κ3) is 2.88. The number of methoxy groups -OCH3 is 2. The first-order valence-corrected chi connectivity index (χ1v) is 6.11. The molecular weight excluding hydrogens is 216 g/mol. The zero-order chi connectivity index (χ0) is 12.1. The quantitative estimate of drug-likeness (QED) is 0.863. The molecule has 1 N–H and O–H groups in total. The minimum atomic E-state index is 0.649. The summed E-state index contributed by atoms with van der Waals surface area (Å²) in [4.78, 5) is 4.25. The van der Waals surface area contributed by atoms with Gasteiger partial charge in [0.25, 0.3) is 0 Å². The molecule has 0 amide bonds. The van der Waals surface area contributed by atoms with E-state index in [1.807, 2.05) is 6.07 Å². The predicted octanol–water partition coefficient (Wildman–Crippen LogP) is 1.64. The molecule has 1 fully saturated rings. The molecule has 1 aliphatic rings. The highest BCUT2D eigenvalue weighted by Gasteiger charge is 2.19. The maximum atomic E-state index is 5.39. The lowest BCUT2D eigenvalue weighted by Gasteiger charge is -2.23.